The van der Waals surface area contributed by atoms with E-state index in [4.69, 9.17) is 5.41 Å². The molecule has 0 aliphatic carbocycles. The molecule has 0 heterocycles. The first kappa shape index (κ1) is 7.02. The summed E-state index contributed by atoms with van der Waals surface area (Å²) in [6.07, 6.45) is 3.50. The van der Waals surface area contributed by atoms with Gasteiger partial charge in [0.25, 0.3) is 0 Å². The zero-order chi connectivity index (χ0) is 5.70. The molecule has 42 valence electrons. The van der Waals surface area contributed by atoms with Gasteiger partial charge in [-0.05, 0) is 6.42 Å². The second-order valence-electron chi connectivity index (χ2n) is 1.52. The summed E-state index contributed by atoms with van der Waals surface area (Å²) in [5.41, 5.74) is 0. The van der Waals surface area contributed by atoms with Gasteiger partial charge in [0.15, 0.2) is 0 Å². The Labute approximate surface area is 50.0 Å². The molecule has 0 amide bonds. The third-order valence-electron chi connectivity index (χ3n) is 0.777. The zero-order valence-electron chi connectivity index (χ0n) is 4.52. The fourth-order valence-electron chi connectivity index (χ4n) is 0.379. The Bertz CT molecular complexity index is 54.0. The maximum absolute atomic E-state index is 6.71. The van der Waals surface area contributed by atoms with Gasteiger partial charge in [0, 0.05) is 11.5 Å². The van der Waals surface area contributed by atoms with E-state index in [1.165, 1.54) is 6.21 Å². The van der Waals surface area contributed by atoms with Crippen LogP contribution in [0.25, 0.3) is 0 Å². The molecule has 7 heavy (non-hydrogen) atoms. The van der Waals surface area contributed by atoms with Crippen LogP contribution < -0.4 is 0 Å². The summed E-state index contributed by atoms with van der Waals surface area (Å²) in [7, 11) is 0. The maximum atomic E-state index is 6.71. The Hall–Kier alpha value is 0.0200. The summed E-state index contributed by atoms with van der Waals surface area (Å²) in [6.45, 7) is 2.09. The molecule has 1 atom stereocenters. The number of thiol groups is 1. The van der Waals surface area contributed by atoms with Crippen molar-refractivity contribution in [1.82, 2.24) is 0 Å². The number of hydrogen-bond acceptors (Lipinski definition) is 2. The first-order valence-electron chi connectivity index (χ1n) is 2.50. The lowest BCUT2D eigenvalue weighted by Crippen LogP contribution is -1.96. The van der Waals surface area contributed by atoms with Gasteiger partial charge in [-0.1, -0.05) is 13.3 Å². The van der Waals surface area contributed by atoms with E-state index in [2.05, 4.69) is 19.6 Å². The van der Waals surface area contributed by atoms with Crippen LogP contribution in [0.2, 0.25) is 0 Å². The van der Waals surface area contributed by atoms with Crippen LogP contribution in [0.3, 0.4) is 0 Å². The molecule has 0 fully saturated rings. The summed E-state index contributed by atoms with van der Waals surface area (Å²) >= 11 is 4.07. The van der Waals surface area contributed by atoms with Crippen LogP contribution in [0, 0.1) is 5.41 Å². The number of nitrogens with one attached hydrogen (secondary N) is 1. The Balaban J connectivity index is 2.98. The van der Waals surface area contributed by atoms with E-state index in [0.717, 1.165) is 12.8 Å². The summed E-state index contributed by atoms with van der Waals surface area (Å²) in [4.78, 5) is 0. The second-order valence-corrected chi connectivity index (χ2v) is 2.19. The quantitative estimate of drug-likeness (QED) is 0.415. The van der Waals surface area contributed by atoms with E-state index in [0.29, 0.717) is 0 Å². The average Bonchev–Trinajstić information content (AvgIpc) is 1.68. The molecule has 0 bridgehead atoms. The third kappa shape index (κ3) is 3.86. The zero-order valence-corrected chi connectivity index (χ0v) is 5.41. The highest BCUT2D eigenvalue weighted by Crippen LogP contribution is 1.99. The molecule has 0 aromatic rings. The van der Waals surface area contributed by atoms with Crippen molar-refractivity contribution < 1.29 is 0 Å². The molecule has 2 heteroatoms. The van der Waals surface area contributed by atoms with Gasteiger partial charge in [0.2, 0.25) is 0 Å². The molecular formula is C5H11NS. The molecule has 0 radical (unpaired) electrons. The van der Waals surface area contributed by atoms with Crippen molar-refractivity contribution in [1.29, 1.82) is 5.41 Å². The first-order valence-corrected chi connectivity index (χ1v) is 3.01. The van der Waals surface area contributed by atoms with Gasteiger partial charge in [-0.25, -0.2) is 0 Å². The van der Waals surface area contributed by atoms with Gasteiger partial charge in [-0.3, -0.25) is 0 Å². The van der Waals surface area contributed by atoms with Crippen molar-refractivity contribution in [3.8, 4) is 0 Å². The smallest absolute Gasteiger partial charge is 0.0363 e. The predicted molar refractivity (Wildman–Crippen MR) is 36.5 cm³/mol. The number of rotatable bonds is 3. The van der Waals surface area contributed by atoms with Gasteiger partial charge < -0.3 is 5.41 Å². The first-order chi connectivity index (χ1) is 3.31. The highest BCUT2D eigenvalue weighted by atomic mass is 32.1. The molecule has 0 aliphatic rings. The van der Waals surface area contributed by atoms with Crippen molar-refractivity contribution in [2.75, 3.05) is 0 Å². The van der Waals surface area contributed by atoms with Gasteiger partial charge in [0.1, 0.15) is 0 Å². The molecule has 0 aromatic carbocycles. The Morgan fingerprint density at radius 1 is 1.86 bits per heavy atom. The van der Waals surface area contributed by atoms with Gasteiger partial charge >= 0.3 is 0 Å². The van der Waals surface area contributed by atoms with Crippen molar-refractivity contribution in [3.63, 3.8) is 0 Å². The largest absolute Gasteiger partial charge is 0.312 e. The molecular weight excluding hydrogens is 106 g/mol. The highest BCUT2D eigenvalue weighted by molar-refractivity contribution is 7.81. The Morgan fingerprint density at radius 2 is 2.43 bits per heavy atom. The lowest BCUT2D eigenvalue weighted by molar-refractivity contribution is 0.855. The molecule has 0 saturated heterocycles. The third-order valence-corrected chi connectivity index (χ3v) is 1.18. The molecule has 1 N–H and O–H groups in total. The van der Waals surface area contributed by atoms with Crippen LogP contribution in [-0.2, 0) is 0 Å². The Morgan fingerprint density at radius 3 is 2.57 bits per heavy atom. The van der Waals surface area contributed by atoms with Gasteiger partial charge in [0.05, 0.1) is 0 Å². The van der Waals surface area contributed by atoms with Crippen LogP contribution in [-0.4, -0.2) is 11.5 Å². The minimum absolute atomic E-state index is 0.185. The van der Waals surface area contributed by atoms with E-state index in [1.807, 2.05) is 0 Å². The van der Waals surface area contributed by atoms with Crippen molar-refractivity contribution in [3.05, 3.63) is 0 Å². The predicted octanol–water partition coefficient (Wildman–Crippen LogP) is 1.73. The van der Waals surface area contributed by atoms with Crippen molar-refractivity contribution >= 4 is 18.8 Å². The van der Waals surface area contributed by atoms with E-state index in [1.54, 1.807) is 0 Å². The highest BCUT2D eigenvalue weighted by Gasteiger charge is 1.91. The minimum atomic E-state index is 0.185. The van der Waals surface area contributed by atoms with Crippen molar-refractivity contribution in [2.45, 2.75) is 25.0 Å². The van der Waals surface area contributed by atoms with Crippen LogP contribution in [0.5, 0.6) is 0 Å². The molecule has 0 rings (SSSR count). The lowest BCUT2D eigenvalue weighted by atomic mass is 10.3. The van der Waals surface area contributed by atoms with Crippen LogP contribution >= 0.6 is 12.6 Å². The molecule has 1 unspecified atom stereocenters. The molecule has 0 spiro atoms. The fourth-order valence-corrected chi connectivity index (χ4v) is 0.637. The second kappa shape index (κ2) is 4.19. The summed E-state index contributed by atoms with van der Waals surface area (Å²) < 4.78 is 0. The summed E-state index contributed by atoms with van der Waals surface area (Å²) in [5, 5.41) is 6.90. The van der Waals surface area contributed by atoms with Crippen LogP contribution in [0.1, 0.15) is 19.8 Å². The van der Waals surface area contributed by atoms with E-state index >= 15 is 0 Å². The Kier molecular flexibility index (Phi) is 4.20. The normalized spacial score (nSPS) is 13.4. The van der Waals surface area contributed by atoms with Gasteiger partial charge in [-0.2, -0.15) is 12.6 Å². The van der Waals surface area contributed by atoms with E-state index < -0.39 is 0 Å². The lowest BCUT2D eigenvalue weighted by Gasteiger charge is -1.96. The standard InChI is InChI=1S/C5H11NS/c1-2-3-5(7)4-6/h4-7H,2-3H2,1H3. The van der Waals surface area contributed by atoms with E-state index in [-0.39, 0.29) is 5.25 Å². The molecule has 0 aromatic heterocycles. The van der Waals surface area contributed by atoms with E-state index in [9.17, 15) is 0 Å². The fraction of sp³-hybridized carbons (Fsp3) is 0.800. The topological polar surface area (TPSA) is 23.9 Å². The monoisotopic (exact) mass is 117 g/mol. The summed E-state index contributed by atoms with van der Waals surface area (Å²) in [5.74, 6) is 0. The minimum Gasteiger partial charge on any atom is -0.312 e. The summed E-state index contributed by atoms with van der Waals surface area (Å²) in [6, 6.07) is 0. The average molecular weight is 117 g/mol. The molecule has 1 nitrogen and oxygen atoms in total. The molecule has 0 aliphatic heterocycles. The van der Waals surface area contributed by atoms with Crippen molar-refractivity contribution in [2.24, 2.45) is 0 Å². The van der Waals surface area contributed by atoms with Gasteiger partial charge in [-0.15, -0.1) is 0 Å². The molecule has 0 saturated carbocycles. The maximum Gasteiger partial charge on any atom is 0.0363 e. The number of hydrogen-bond donors (Lipinski definition) is 2. The van der Waals surface area contributed by atoms with Crippen LogP contribution in [0.4, 0.5) is 0 Å². The SMILES string of the molecule is CCCC(S)C=N. The van der Waals surface area contributed by atoms with Crippen LogP contribution in [0.15, 0.2) is 0 Å².